The molecule has 0 fully saturated rings. The summed E-state index contributed by atoms with van der Waals surface area (Å²) in [5.41, 5.74) is 0.0711. The molecule has 0 bridgehead atoms. The summed E-state index contributed by atoms with van der Waals surface area (Å²) in [6, 6.07) is 0. The monoisotopic (exact) mass is 209 g/mol. The molecule has 0 aromatic carbocycles. The molecule has 0 saturated carbocycles. The molecule has 0 atom stereocenters. The zero-order chi connectivity index (χ0) is 8.15. The Balaban J connectivity index is 0. The first-order valence-corrected chi connectivity index (χ1v) is 2.54. The quantitative estimate of drug-likeness (QED) is 0.290. The van der Waals surface area contributed by atoms with Crippen LogP contribution in [0, 0.1) is 0 Å². The van der Waals surface area contributed by atoms with Crippen molar-refractivity contribution in [2.75, 3.05) is 6.67 Å². The van der Waals surface area contributed by atoms with Gasteiger partial charge in [0, 0.05) is 22.6 Å². The third-order valence-corrected chi connectivity index (χ3v) is 0.664. The summed E-state index contributed by atoms with van der Waals surface area (Å²) >= 11 is 0. The van der Waals surface area contributed by atoms with Crippen LogP contribution in [-0.2, 0) is 31.4 Å². The third kappa shape index (κ3) is 5.76. The maximum Gasteiger partial charge on any atom is 0.345 e. The number of hydrogen-bond donors (Lipinski definition) is 0. The fraction of sp³-hybridized carbons (Fsp3) is 0.333. The van der Waals surface area contributed by atoms with E-state index in [9.17, 15) is 14.0 Å². The van der Waals surface area contributed by atoms with Crippen molar-refractivity contribution in [3.8, 4) is 0 Å². The summed E-state index contributed by atoms with van der Waals surface area (Å²) in [5, 5.41) is 0. The van der Waals surface area contributed by atoms with E-state index in [1.165, 1.54) is 6.92 Å². The van der Waals surface area contributed by atoms with Crippen molar-refractivity contribution in [2.45, 2.75) is 6.92 Å². The van der Waals surface area contributed by atoms with E-state index < -0.39 is 18.6 Å². The number of carbonyl (C=O) groups excluding carboxylic acids is 2. The maximum atomic E-state index is 11.4. The molecule has 0 rings (SSSR count). The number of halogens is 1. The van der Waals surface area contributed by atoms with E-state index in [1.54, 1.807) is 0 Å². The van der Waals surface area contributed by atoms with Crippen LogP contribution in [0.3, 0.4) is 0 Å². The minimum absolute atomic E-state index is 0. The summed E-state index contributed by atoms with van der Waals surface area (Å²) in [6.07, 6.45) is 0. The zero-order valence-electron chi connectivity index (χ0n) is 5.82. The Bertz CT molecular complexity index is 179. The van der Waals surface area contributed by atoms with E-state index >= 15 is 0 Å². The van der Waals surface area contributed by atoms with Gasteiger partial charge in [-0.15, -0.1) is 0 Å². The molecule has 5 heteroatoms. The molecule has 0 aromatic rings. The van der Waals surface area contributed by atoms with E-state index in [1.807, 2.05) is 0 Å². The van der Waals surface area contributed by atoms with E-state index in [0.717, 1.165) is 0 Å². The van der Waals surface area contributed by atoms with Crippen molar-refractivity contribution in [1.29, 1.82) is 0 Å². The molecule has 0 amide bonds. The molecular formula is C6H7CuFO3. The predicted molar refractivity (Wildman–Crippen MR) is 31.9 cm³/mol. The number of ether oxygens (including phenoxy) is 1. The van der Waals surface area contributed by atoms with Gasteiger partial charge in [0.15, 0.2) is 6.67 Å². The van der Waals surface area contributed by atoms with Crippen molar-refractivity contribution < 1.29 is 35.8 Å². The Morgan fingerprint density at radius 3 is 2.27 bits per heavy atom. The van der Waals surface area contributed by atoms with Gasteiger partial charge < -0.3 is 4.74 Å². The molecule has 0 unspecified atom stereocenters. The van der Waals surface area contributed by atoms with Crippen LogP contribution in [0.5, 0.6) is 0 Å². The molecule has 0 aromatic heterocycles. The summed E-state index contributed by atoms with van der Waals surface area (Å²) in [5.74, 6) is -2.07. The van der Waals surface area contributed by atoms with Gasteiger partial charge in [0.1, 0.15) is 0 Å². The Labute approximate surface area is 74.1 Å². The predicted octanol–water partition coefficient (Wildman–Crippen LogP) is 0.599. The van der Waals surface area contributed by atoms with E-state index in [4.69, 9.17) is 0 Å². The van der Waals surface area contributed by atoms with Gasteiger partial charge in [0.2, 0.25) is 0 Å². The molecule has 0 aliphatic carbocycles. The Kier molecular flexibility index (Phi) is 7.15. The molecule has 11 heavy (non-hydrogen) atoms. The Morgan fingerprint density at radius 2 is 2.00 bits per heavy atom. The minimum Gasteiger partial charge on any atom is -0.388 e. The van der Waals surface area contributed by atoms with Gasteiger partial charge in [-0.1, -0.05) is 6.58 Å². The molecule has 0 spiro atoms. The Hall–Kier alpha value is -0.671. The average molecular weight is 210 g/mol. The largest absolute Gasteiger partial charge is 0.388 e. The SMILES string of the molecule is C=C(C)C(=O)OC(=O)CF.[Cu]. The number of alkyl halides is 1. The van der Waals surface area contributed by atoms with Gasteiger partial charge in [0.25, 0.3) is 0 Å². The molecule has 0 aliphatic heterocycles. The van der Waals surface area contributed by atoms with Crippen LogP contribution in [0.2, 0.25) is 0 Å². The van der Waals surface area contributed by atoms with E-state index in [2.05, 4.69) is 11.3 Å². The molecule has 1 radical (unpaired) electrons. The standard InChI is InChI=1S/C6H7FO3.Cu/c1-4(2)6(9)10-5(8)3-7;/h1,3H2,2H3;. The van der Waals surface area contributed by atoms with Crippen LogP contribution in [0.15, 0.2) is 12.2 Å². The van der Waals surface area contributed by atoms with E-state index in [-0.39, 0.29) is 22.6 Å². The number of rotatable bonds is 2. The second-order valence-electron chi connectivity index (χ2n) is 1.68. The van der Waals surface area contributed by atoms with Gasteiger partial charge in [-0.05, 0) is 6.92 Å². The van der Waals surface area contributed by atoms with Crippen molar-refractivity contribution in [3.05, 3.63) is 12.2 Å². The first-order chi connectivity index (χ1) is 4.57. The van der Waals surface area contributed by atoms with Crippen LogP contribution in [0.1, 0.15) is 6.92 Å². The number of carbonyl (C=O) groups is 2. The van der Waals surface area contributed by atoms with Gasteiger partial charge in [-0.25, -0.2) is 14.0 Å². The summed E-state index contributed by atoms with van der Waals surface area (Å²) in [4.78, 5) is 20.5. The smallest absolute Gasteiger partial charge is 0.345 e. The van der Waals surface area contributed by atoms with Crippen molar-refractivity contribution in [2.24, 2.45) is 0 Å². The second kappa shape index (κ2) is 6.07. The second-order valence-corrected chi connectivity index (χ2v) is 1.68. The molecular weight excluding hydrogens is 203 g/mol. The van der Waals surface area contributed by atoms with Crippen LogP contribution in [-0.4, -0.2) is 18.6 Å². The fourth-order valence-corrected chi connectivity index (χ4v) is 0.218. The molecule has 0 N–H and O–H groups in total. The molecule has 0 heterocycles. The number of esters is 2. The van der Waals surface area contributed by atoms with Crippen molar-refractivity contribution in [1.82, 2.24) is 0 Å². The summed E-state index contributed by atoms with van der Waals surface area (Å²) in [6.45, 7) is 3.27. The van der Waals surface area contributed by atoms with Crippen molar-refractivity contribution >= 4 is 11.9 Å². The van der Waals surface area contributed by atoms with Gasteiger partial charge in [-0.2, -0.15) is 0 Å². The maximum absolute atomic E-state index is 11.4. The van der Waals surface area contributed by atoms with Crippen LogP contribution < -0.4 is 0 Å². The normalized spacial score (nSPS) is 7.82. The van der Waals surface area contributed by atoms with Crippen LogP contribution in [0.4, 0.5) is 4.39 Å². The van der Waals surface area contributed by atoms with Gasteiger partial charge in [-0.3, -0.25) is 0 Å². The topological polar surface area (TPSA) is 43.4 Å². The fourth-order valence-electron chi connectivity index (χ4n) is 0.218. The van der Waals surface area contributed by atoms with E-state index in [0.29, 0.717) is 0 Å². The van der Waals surface area contributed by atoms with Crippen LogP contribution in [0.25, 0.3) is 0 Å². The van der Waals surface area contributed by atoms with Crippen molar-refractivity contribution in [3.63, 3.8) is 0 Å². The zero-order valence-corrected chi connectivity index (χ0v) is 6.76. The number of hydrogen-bond acceptors (Lipinski definition) is 3. The minimum atomic E-state index is -1.29. The van der Waals surface area contributed by atoms with Gasteiger partial charge >= 0.3 is 11.9 Å². The third-order valence-electron chi connectivity index (χ3n) is 0.664. The summed E-state index contributed by atoms with van der Waals surface area (Å²) < 4.78 is 15.3. The summed E-state index contributed by atoms with van der Waals surface area (Å²) in [7, 11) is 0. The Morgan fingerprint density at radius 1 is 1.55 bits per heavy atom. The molecule has 0 saturated heterocycles. The van der Waals surface area contributed by atoms with Crippen LogP contribution >= 0.6 is 0 Å². The first-order valence-electron chi connectivity index (χ1n) is 2.54. The molecule has 0 aliphatic rings. The molecule has 3 nitrogen and oxygen atoms in total. The average Bonchev–Trinajstić information content (AvgIpc) is 1.87. The first kappa shape index (κ1) is 13.0. The molecule has 67 valence electrons. The van der Waals surface area contributed by atoms with Gasteiger partial charge in [0.05, 0.1) is 0 Å².